The molecule has 3 nitrogen and oxygen atoms in total. The number of benzene rings is 1. The molecule has 2 aromatic rings. The Bertz CT molecular complexity index is 408. The second kappa shape index (κ2) is 2.88. The molecule has 2 rings (SSSR count). The number of fused-ring (bicyclic) bond motifs is 1. The lowest BCUT2D eigenvalue weighted by atomic mass is 10.1. The Morgan fingerprint density at radius 3 is 3.08 bits per heavy atom. The third kappa shape index (κ3) is 1.13. The summed E-state index contributed by atoms with van der Waals surface area (Å²) >= 11 is 3.41. The Kier molecular flexibility index (Phi) is 1.86. The van der Waals surface area contributed by atoms with E-state index in [-0.39, 0.29) is 0 Å². The van der Waals surface area contributed by atoms with E-state index < -0.39 is 0 Å². The molecular weight excluding hydrogens is 218 g/mol. The average Bonchev–Trinajstić information content (AvgIpc) is 2.50. The van der Waals surface area contributed by atoms with Crippen LogP contribution in [0.5, 0.6) is 0 Å². The zero-order valence-electron chi connectivity index (χ0n) is 6.34. The minimum atomic E-state index is 0.526. The Morgan fingerprint density at radius 1 is 1.50 bits per heavy atom. The van der Waals surface area contributed by atoms with Crippen molar-refractivity contribution in [1.82, 2.24) is 10.2 Å². The lowest BCUT2D eigenvalue weighted by molar-refractivity contribution is 1.05. The van der Waals surface area contributed by atoms with E-state index in [2.05, 4.69) is 26.1 Å². The number of hydrogen-bond donors (Lipinski definition) is 2. The quantitative estimate of drug-likeness (QED) is 0.778. The Balaban J connectivity index is 2.80. The molecule has 0 atom stereocenters. The number of hydrogen-bond acceptors (Lipinski definition) is 2. The van der Waals surface area contributed by atoms with Crippen molar-refractivity contribution >= 4 is 26.8 Å². The van der Waals surface area contributed by atoms with E-state index in [1.54, 1.807) is 6.20 Å². The molecule has 0 spiro atoms. The molecule has 0 aliphatic heterocycles. The van der Waals surface area contributed by atoms with Gasteiger partial charge in [0.05, 0.1) is 11.7 Å². The lowest BCUT2D eigenvalue weighted by Gasteiger charge is -1.99. The Labute approximate surface area is 78.1 Å². The third-order valence-electron chi connectivity index (χ3n) is 1.82. The van der Waals surface area contributed by atoms with Crippen LogP contribution in [-0.4, -0.2) is 10.2 Å². The van der Waals surface area contributed by atoms with Crippen molar-refractivity contribution in [1.29, 1.82) is 0 Å². The summed E-state index contributed by atoms with van der Waals surface area (Å²) in [5.41, 5.74) is 7.68. The van der Waals surface area contributed by atoms with Crippen LogP contribution in [0, 0.1) is 0 Å². The highest BCUT2D eigenvalue weighted by Crippen LogP contribution is 2.21. The van der Waals surface area contributed by atoms with Gasteiger partial charge in [0.25, 0.3) is 0 Å². The number of aromatic nitrogens is 2. The number of rotatable bonds is 1. The lowest BCUT2D eigenvalue weighted by Crippen LogP contribution is -1.97. The molecule has 0 unspecified atom stereocenters. The summed E-state index contributed by atoms with van der Waals surface area (Å²) < 4.78 is 1.04. The van der Waals surface area contributed by atoms with Crippen molar-refractivity contribution in [2.45, 2.75) is 6.54 Å². The number of halogens is 1. The molecule has 0 saturated carbocycles. The monoisotopic (exact) mass is 225 g/mol. The van der Waals surface area contributed by atoms with Crippen LogP contribution in [0.3, 0.4) is 0 Å². The van der Waals surface area contributed by atoms with Crippen molar-refractivity contribution in [2.75, 3.05) is 0 Å². The molecule has 0 bridgehead atoms. The molecule has 1 aromatic heterocycles. The molecule has 12 heavy (non-hydrogen) atoms. The summed E-state index contributed by atoms with van der Waals surface area (Å²) in [6.07, 6.45) is 1.79. The maximum Gasteiger partial charge on any atom is 0.0695 e. The molecule has 0 amide bonds. The number of nitrogens with two attached hydrogens (primary N) is 1. The van der Waals surface area contributed by atoms with Gasteiger partial charge in [0, 0.05) is 16.4 Å². The normalized spacial score (nSPS) is 10.8. The minimum absolute atomic E-state index is 0.526. The molecule has 0 aliphatic carbocycles. The molecule has 0 aliphatic rings. The topological polar surface area (TPSA) is 54.7 Å². The van der Waals surface area contributed by atoms with Gasteiger partial charge in [-0.15, -0.1) is 0 Å². The van der Waals surface area contributed by atoms with E-state index in [1.165, 1.54) is 0 Å². The van der Waals surface area contributed by atoms with Gasteiger partial charge in [-0.3, -0.25) is 5.10 Å². The van der Waals surface area contributed by atoms with Crippen LogP contribution in [0.15, 0.2) is 22.8 Å². The fraction of sp³-hybridized carbons (Fsp3) is 0.125. The highest BCUT2D eigenvalue weighted by molar-refractivity contribution is 9.10. The Hall–Kier alpha value is -0.870. The molecule has 0 saturated heterocycles. The zero-order chi connectivity index (χ0) is 8.55. The summed E-state index contributed by atoms with van der Waals surface area (Å²) in [5.74, 6) is 0. The van der Waals surface area contributed by atoms with E-state index in [0.717, 1.165) is 20.9 Å². The van der Waals surface area contributed by atoms with Gasteiger partial charge in [-0.05, 0) is 17.7 Å². The van der Waals surface area contributed by atoms with Gasteiger partial charge in [0.2, 0.25) is 0 Å². The van der Waals surface area contributed by atoms with E-state index in [9.17, 15) is 0 Å². The van der Waals surface area contributed by atoms with Gasteiger partial charge in [-0.2, -0.15) is 5.10 Å². The van der Waals surface area contributed by atoms with E-state index in [1.807, 2.05) is 12.1 Å². The molecule has 1 heterocycles. The second-order valence-corrected chi connectivity index (χ2v) is 3.52. The van der Waals surface area contributed by atoms with Gasteiger partial charge in [-0.1, -0.05) is 15.9 Å². The first-order chi connectivity index (χ1) is 5.81. The second-order valence-electron chi connectivity index (χ2n) is 2.60. The van der Waals surface area contributed by atoms with E-state index in [0.29, 0.717) is 6.54 Å². The van der Waals surface area contributed by atoms with Gasteiger partial charge >= 0.3 is 0 Å². The fourth-order valence-electron chi connectivity index (χ4n) is 1.25. The van der Waals surface area contributed by atoms with E-state index in [4.69, 9.17) is 5.73 Å². The first-order valence-electron chi connectivity index (χ1n) is 3.63. The predicted octanol–water partition coefficient (Wildman–Crippen LogP) is 1.78. The van der Waals surface area contributed by atoms with Crippen molar-refractivity contribution in [3.63, 3.8) is 0 Å². The van der Waals surface area contributed by atoms with Gasteiger partial charge in [-0.25, -0.2) is 0 Å². The van der Waals surface area contributed by atoms with Gasteiger partial charge in [0.15, 0.2) is 0 Å². The smallest absolute Gasteiger partial charge is 0.0695 e. The fourth-order valence-corrected chi connectivity index (χ4v) is 1.77. The standard InChI is InChI=1S/C8H8BrN3/c9-7-1-5(3-10)8-6(2-7)4-11-12-8/h1-2,4H,3,10H2,(H,11,12). The number of aromatic amines is 1. The maximum atomic E-state index is 5.58. The van der Waals surface area contributed by atoms with Crippen LogP contribution in [0.1, 0.15) is 5.56 Å². The molecule has 1 aromatic carbocycles. The largest absolute Gasteiger partial charge is 0.326 e. The van der Waals surface area contributed by atoms with Crippen LogP contribution in [0.2, 0.25) is 0 Å². The summed E-state index contributed by atoms with van der Waals surface area (Å²) in [6, 6.07) is 4.01. The summed E-state index contributed by atoms with van der Waals surface area (Å²) in [5, 5.41) is 7.95. The zero-order valence-corrected chi connectivity index (χ0v) is 7.93. The molecule has 0 radical (unpaired) electrons. The third-order valence-corrected chi connectivity index (χ3v) is 2.27. The highest BCUT2D eigenvalue weighted by Gasteiger charge is 2.02. The molecule has 3 N–H and O–H groups in total. The Morgan fingerprint density at radius 2 is 2.33 bits per heavy atom. The van der Waals surface area contributed by atoms with Crippen LogP contribution >= 0.6 is 15.9 Å². The average molecular weight is 226 g/mol. The first kappa shape index (κ1) is 7.76. The maximum absolute atomic E-state index is 5.58. The van der Waals surface area contributed by atoms with Crippen molar-refractivity contribution in [2.24, 2.45) is 5.73 Å². The predicted molar refractivity (Wildman–Crippen MR) is 51.7 cm³/mol. The van der Waals surface area contributed by atoms with Crippen molar-refractivity contribution in [3.8, 4) is 0 Å². The summed E-state index contributed by atoms with van der Waals surface area (Å²) in [4.78, 5) is 0. The van der Waals surface area contributed by atoms with Crippen molar-refractivity contribution in [3.05, 3.63) is 28.4 Å². The van der Waals surface area contributed by atoms with Crippen LogP contribution < -0.4 is 5.73 Å². The summed E-state index contributed by atoms with van der Waals surface area (Å²) in [6.45, 7) is 0.526. The number of nitrogens with zero attached hydrogens (tertiary/aromatic N) is 1. The molecule has 4 heteroatoms. The SMILES string of the molecule is NCc1cc(Br)cc2cn[nH]c12. The highest BCUT2D eigenvalue weighted by atomic mass is 79.9. The van der Waals surface area contributed by atoms with Gasteiger partial charge < -0.3 is 5.73 Å². The number of nitrogens with one attached hydrogen (secondary N) is 1. The summed E-state index contributed by atoms with van der Waals surface area (Å²) in [7, 11) is 0. The number of H-pyrrole nitrogens is 1. The van der Waals surface area contributed by atoms with Crippen molar-refractivity contribution < 1.29 is 0 Å². The van der Waals surface area contributed by atoms with Gasteiger partial charge in [0.1, 0.15) is 0 Å². The molecule has 62 valence electrons. The van der Waals surface area contributed by atoms with E-state index >= 15 is 0 Å². The van der Waals surface area contributed by atoms with Crippen LogP contribution in [0.4, 0.5) is 0 Å². The minimum Gasteiger partial charge on any atom is -0.326 e. The first-order valence-corrected chi connectivity index (χ1v) is 4.42. The molecule has 0 fully saturated rings. The van der Waals surface area contributed by atoms with Crippen LogP contribution in [0.25, 0.3) is 10.9 Å². The molecular formula is C8H8BrN3. The van der Waals surface area contributed by atoms with Crippen LogP contribution in [-0.2, 0) is 6.54 Å².